The average Bonchev–Trinajstić information content (AvgIpc) is 3.33. The predicted octanol–water partition coefficient (Wildman–Crippen LogP) is 4.60. The van der Waals surface area contributed by atoms with Gasteiger partial charge in [0.15, 0.2) is 5.82 Å². The summed E-state index contributed by atoms with van der Waals surface area (Å²) < 4.78 is 18.6. The van der Waals surface area contributed by atoms with Gasteiger partial charge >= 0.3 is 0 Å². The number of nitrogens with one attached hydrogen (secondary N) is 2. The van der Waals surface area contributed by atoms with E-state index in [-0.39, 0.29) is 35.9 Å². The second-order valence-corrected chi connectivity index (χ2v) is 11.7. The third-order valence-corrected chi connectivity index (χ3v) is 9.04. The number of alkyl halides is 1. The van der Waals surface area contributed by atoms with Gasteiger partial charge in [0.2, 0.25) is 11.9 Å². The number of aromatic nitrogens is 2. The summed E-state index contributed by atoms with van der Waals surface area (Å²) in [5.41, 5.74) is 1.54. The number of carbonyl (C=O) groups is 2. The first-order valence-electron chi connectivity index (χ1n) is 14.1. The Kier molecular flexibility index (Phi) is 6.81. The van der Waals surface area contributed by atoms with Crippen LogP contribution in [0.1, 0.15) is 68.1 Å². The van der Waals surface area contributed by atoms with Crippen LogP contribution in [0.2, 0.25) is 0 Å². The number of hydrogen-bond acceptors (Lipinski definition) is 7. The Bertz CT molecular complexity index is 1260. The number of halogens is 1. The molecule has 1 aromatic carbocycles. The molecule has 10 heteroatoms. The fraction of sp³-hybridized carbons (Fsp3) is 0.586. The van der Waals surface area contributed by atoms with E-state index in [1.54, 1.807) is 36.4 Å². The number of ether oxygens (including phenoxy) is 1. The van der Waals surface area contributed by atoms with Gasteiger partial charge in [-0.3, -0.25) is 14.0 Å². The summed E-state index contributed by atoms with van der Waals surface area (Å²) in [4.78, 5) is 39.7. The second kappa shape index (κ2) is 10.3. The Morgan fingerprint density at radius 1 is 1.21 bits per heavy atom. The maximum absolute atomic E-state index is 13.3. The molecule has 1 aromatic heterocycles. The number of nitrogens with zero attached hydrogens (tertiary/aromatic N) is 4. The molecule has 3 aliphatic carbocycles. The summed E-state index contributed by atoms with van der Waals surface area (Å²) in [5.74, 6) is 1.68. The smallest absolute Gasteiger partial charge is 0.251 e. The van der Waals surface area contributed by atoms with Crippen molar-refractivity contribution in [3.63, 3.8) is 0 Å². The SMILES string of the molecule is COc1cc(C(=O)N[C@@H]2CC[C@@H](CF)C2)ccc1Nc1ncc2c(n1)N(C1CCCC1)CC1(CC1)C(=O)N2C. The molecule has 2 amide bonds. The summed E-state index contributed by atoms with van der Waals surface area (Å²) >= 11 is 0. The molecule has 208 valence electrons. The topological polar surface area (TPSA) is 99.7 Å². The zero-order valence-electron chi connectivity index (χ0n) is 22.7. The zero-order chi connectivity index (χ0) is 27.1. The minimum Gasteiger partial charge on any atom is -0.495 e. The highest BCUT2D eigenvalue weighted by molar-refractivity contribution is 6.03. The summed E-state index contributed by atoms with van der Waals surface area (Å²) in [6, 6.07) is 5.58. The van der Waals surface area contributed by atoms with Crippen LogP contribution in [0.4, 0.5) is 27.5 Å². The molecular formula is C29H37FN6O3. The number of carbonyl (C=O) groups excluding carboxylic acids is 2. The normalized spacial score (nSPS) is 24.0. The minimum atomic E-state index is -0.336. The second-order valence-electron chi connectivity index (χ2n) is 11.7. The van der Waals surface area contributed by atoms with Gasteiger partial charge in [-0.1, -0.05) is 12.8 Å². The molecule has 1 spiro atoms. The van der Waals surface area contributed by atoms with E-state index in [9.17, 15) is 14.0 Å². The van der Waals surface area contributed by atoms with Gasteiger partial charge in [0.25, 0.3) is 5.91 Å². The molecular weight excluding hydrogens is 499 g/mol. The summed E-state index contributed by atoms with van der Waals surface area (Å²) in [6.45, 7) is 0.363. The molecule has 1 aliphatic heterocycles. The van der Waals surface area contributed by atoms with Crippen LogP contribution in [0, 0.1) is 11.3 Å². The maximum Gasteiger partial charge on any atom is 0.251 e. The first-order valence-corrected chi connectivity index (χ1v) is 14.1. The van der Waals surface area contributed by atoms with Crippen molar-refractivity contribution in [2.75, 3.05) is 42.5 Å². The van der Waals surface area contributed by atoms with Crippen LogP contribution in [-0.4, -0.2) is 61.2 Å². The van der Waals surface area contributed by atoms with Gasteiger partial charge in [-0.05, 0) is 69.1 Å². The van der Waals surface area contributed by atoms with E-state index in [1.807, 2.05) is 7.05 Å². The van der Waals surface area contributed by atoms with Gasteiger partial charge < -0.3 is 25.2 Å². The van der Waals surface area contributed by atoms with Crippen molar-refractivity contribution in [1.82, 2.24) is 15.3 Å². The van der Waals surface area contributed by atoms with Crippen molar-refractivity contribution < 1.29 is 18.7 Å². The van der Waals surface area contributed by atoms with Crippen LogP contribution in [0.3, 0.4) is 0 Å². The lowest BCUT2D eigenvalue weighted by atomic mass is 10.0. The molecule has 39 heavy (non-hydrogen) atoms. The standard InChI is InChI=1S/C29H37FN6O3/c1-35-23-16-31-28(34-25(23)36(21-5-3-4-6-21)17-29(11-12-29)27(35)38)33-22-10-8-19(14-24(22)39-2)26(37)32-20-9-7-18(13-20)15-30/h8,10,14,16,18,20-21H,3-7,9,11-13,15,17H2,1-2H3,(H,32,37)(H,31,33,34)/t18-,20-/m1/s1. The minimum absolute atomic E-state index is 0.00220. The van der Waals surface area contributed by atoms with Gasteiger partial charge in [0.05, 0.1) is 31.1 Å². The number of rotatable bonds is 7. The predicted molar refractivity (Wildman–Crippen MR) is 148 cm³/mol. The van der Waals surface area contributed by atoms with Crippen molar-refractivity contribution in [3.05, 3.63) is 30.0 Å². The molecule has 2 N–H and O–H groups in total. The van der Waals surface area contributed by atoms with Crippen LogP contribution in [0.5, 0.6) is 5.75 Å². The van der Waals surface area contributed by atoms with Crippen molar-refractivity contribution >= 4 is 35.0 Å². The van der Waals surface area contributed by atoms with Crippen LogP contribution in [0.15, 0.2) is 24.4 Å². The van der Waals surface area contributed by atoms with Crippen LogP contribution >= 0.6 is 0 Å². The van der Waals surface area contributed by atoms with Crippen LogP contribution < -0.4 is 25.2 Å². The van der Waals surface area contributed by atoms with E-state index in [1.165, 1.54) is 12.8 Å². The number of benzene rings is 1. The van der Waals surface area contributed by atoms with E-state index < -0.39 is 0 Å². The lowest BCUT2D eigenvalue weighted by molar-refractivity contribution is -0.122. The third-order valence-electron chi connectivity index (χ3n) is 9.04. The van der Waals surface area contributed by atoms with E-state index in [0.717, 1.165) is 50.0 Å². The third kappa shape index (κ3) is 4.89. The maximum atomic E-state index is 13.3. The van der Waals surface area contributed by atoms with Crippen molar-refractivity contribution in [2.45, 2.75) is 69.9 Å². The molecule has 0 radical (unpaired) electrons. The fourth-order valence-electron chi connectivity index (χ4n) is 6.52. The lowest BCUT2D eigenvalue weighted by Crippen LogP contribution is -2.41. The first kappa shape index (κ1) is 25.8. The molecule has 2 heterocycles. The van der Waals surface area contributed by atoms with Crippen LogP contribution in [-0.2, 0) is 4.79 Å². The van der Waals surface area contributed by atoms with Gasteiger partial charge in [-0.2, -0.15) is 4.98 Å². The Balaban J connectivity index is 1.24. The first-order chi connectivity index (χ1) is 18.9. The summed E-state index contributed by atoms with van der Waals surface area (Å²) in [5, 5.41) is 6.30. The molecule has 9 nitrogen and oxygen atoms in total. The highest BCUT2D eigenvalue weighted by atomic mass is 19.1. The lowest BCUT2D eigenvalue weighted by Gasteiger charge is -2.31. The Hall–Kier alpha value is -3.43. The Labute approximate surface area is 228 Å². The van der Waals surface area contributed by atoms with Crippen molar-refractivity contribution in [3.8, 4) is 5.75 Å². The number of methoxy groups -OCH3 is 1. The van der Waals surface area contributed by atoms with Crippen molar-refractivity contribution in [1.29, 1.82) is 0 Å². The van der Waals surface area contributed by atoms with Crippen LogP contribution in [0.25, 0.3) is 0 Å². The van der Waals surface area contributed by atoms with Gasteiger partial charge in [0, 0.05) is 31.2 Å². The Morgan fingerprint density at radius 3 is 2.69 bits per heavy atom. The van der Waals surface area contributed by atoms with Gasteiger partial charge in [-0.15, -0.1) is 0 Å². The van der Waals surface area contributed by atoms with E-state index in [4.69, 9.17) is 9.72 Å². The molecule has 0 unspecified atom stereocenters. The Morgan fingerprint density at radius 2 is 2.00 bits per heavy atom. The summed E-state index contributed by atoms with van der Waals surface area (Å²) in [6.07, 6.45) is 10.4. The zero-order valence-corrected chi connectivity index (χ0v) is 22.7. The fourth-order valence-corrected chi connectivity index (χ4v) is 6.52. The molecule has 0 bridgehead atoms. The quantitative estimate of drug-likeness (QED) is 0.533. The number of hydrogen-bond donors (Lipinski definition) is 2. The molecule has 0 saturated heterocycles. The van der Waals surface area contributed by atoms with Crippen molar-refractivity contribution in [2.24, 2.45) is 11.3 Å². The van der Waals surface area contributed by atoms with E-state index in [2.05, 4.69) is 20.5 Å². The highest BCUT2D eigenvalue weighted by Crippen LogP contribution is 2.52. The molecule has 4 aliphatic rings. The monoisotopic (exact) mass is 536 g/mol. The highest BCUT2D eigenvalue weighted by Gasteiger charge is 2.55. The van der Waals surface area contributed by atoms with E-state index >= 15 is 0 Å². The molecule has 2 aromatic rings. The molecule has 6 rings (SSSR count). The van der Waals surface area contributed by atoms with E-state index in [0.29, 0.717) is 42.0 Å². The number of fused-ring (bicyclic) bond motifs is 1. The largest absolute Gasteiger partial charge is 0.495 e. The molecule has 2 atom stereocenters. The number of amides is 2. The average molecular weight is 537 g/mol. The molecule has 3 fully saturated rings. The summed E-state index contributed by atoms with van der Waals surface area (Å²) in [7, 11) is 3.38. The van der Waals surface area contributed by atoms with Gasteiger partial charge in [-0.25, -0.2) is 4.98 Å². The molecule has 3 saturated carbocycles. The number of anilines is 4. The van der Waals surface area contributed by atoms with Gasteiger partial charge in [0.1, 0.15) is 11.4 Å².